The molecule has 5 rings (SSSR count). The van der Waals surface area contributed by atoms with Gasteiger partial charge in [0, 0.05) is 35.8 Å². The minimum atomic E-state index is -1.80. The van der Waals surface area contributed by atoms with Gasteiger partial charge in [0.15, 0.2) is 5.78 Å². The molecule has 3 fully saturated rings. The van der Waals surface area contributed by atoms with Crippen molar-refractivity contribution in [3.63, 3.8) is 0 Å². The van der Waals surface area contributed by atoms with Gasteiger partial charge in [-0.1, -0.05) is 18.6 Å². The van der Waals surface area contributed by atoms with Crippen LogP contribution in [0.2, 0.25) is 0 Å². The molecule has 0 aromatic heterocycles. The highest BCUT2D eigenvalue weighted by Crippen LogP contribution is 2.70. The van der Waals surface area contributed by atoms with Gasteiger partial charge in [-0.3, -0.25) is 9.59 Å². The Balaban J connectivity index is 1.54. The predicted molar refractivity (Wildman–Crippen MR) is 127 cm³/mol. The van der Waals surface area contributed by atoms with E-state index >= 15 is 0 Å². The Hall–Kier alpha value is -1.83. The summed E-state index contributed by atoms with van der Waals surface area (Å²) in [4.78, 5) is 38.3. The molecule has 35 heavy (non-hydrogen) atoms. The van der Waals surface area contributed by atoms with E-state index in [-0.39, 0.29) is 49.1 Å². The second-order valence-electron chi connectivity index (χ2n) is 12.4. The van der Waals surface area contributed by atoms with Crippen LogP contribution in [0.4, 0.5) is 0 Å². The molecule has 1 aliphatic heterocycles. The number of Topliss-reactive ketones (excluding diaryl/α,β-unsaturated/α-hetero) is 2. The van der Waals surface area contributed by atoms with Gasteiger partial charge in [0.25, 0.3) is 0 Å². The molecule has 0 amide bonds. The zero-order chi connectivity index (χ0) is 25.8. The van der Waals surface area contributed by atoms with Crippen LogP contribution in [0.15, 0.2) is 22.8 Å². The fourth-order valence-electron chi connectivity index (χ4n) is 8.62. The first-order chi connectivity index (χ1) is 16.1. The molecule has 0 aromatic carbocycles. The lowest BCUT2D eigenvalue weighted by Crippen LogP contribution is -2.72. The van der Waals surface area contributed by atoms with E-state index in [1.54, 1.807) is 6.92 Å². The number of carbonyl (C=O) groups is 3. The summed E-state index contributed by atoms with van der Waals surface area (Å²) < 4.78 is 5.61. The molecule has 8 unspecified atom stereocenters. The lowest BCUT2D eigenvalue weighted by Gasteiger charge is -2.63. The molecule has 3 saturated carbocycles. The summed E-state index contributed by atoms with van der Waals surface area (Å²) in [6, 6.07) is 0. The second kappa shape index (κ2) is 7.36. The van der Waals surface area contributed by atoms with E-state index in [4.69, 9.17) is 4.74 Å². The zero-order valence-electron chi connectivity index (χ0n) is 21.4. The molecule has 0 radical (unpaired) electrons. The quantitative estimate of drug-likeness (QED) is 0.513. The van der Waals surface area contributed by atoms with Crippen molar-refractivity contribution in [2.45, 2.75) is 109 Å². The van der Waals surface area contributed by atoms with Crippen LogP contribution in [0.5, 0.6) is 0 Å². The van der Waals surface area contributed by atoms with Crippen LogP contribution >= 0.6 is 0 Å². The summed E-state index contributed by atoms with van der Waals surface area (Å²) in [5, 5.41) is 36.5. The van der Waals surface area contributed by atoms with Crippen LogP contribution < -0.4 is 0 Å². The Morgan fingerprint density at radius 2 is 1.71 bits per heavy atom. The number of aliphatic hydroxyl groups is 3. The van der Waals surface area contributed by atoms with E-state index in [1.807, 2.05) is 26.8 Å². The topological polar surface area (TPSA) is 121 Å². The number of hydrogen-bond acceptors (Lipinski definition) is 7. The largest absolute Gasteiger partial charge is 0.455 e. The van der Waals surface area contributed by atoms with Crippen LogP contribution in [0.25, 0.3) is 0 Å². The number of esters is 1. The summed E-state index contributed by atoms with van der Waals surface area (Å²) in [5.74, 6) is -0.952. The van der Waals surface area contributed by atoms with Crippen LogP contribution in [0.3, 0.4) is 0 Å². The average Bonchev–Trinajstić information content (AvgIpc) is 3.02. The van der Waals surface area contributed by atoms with E-state index in [0.29, 0.717) is 36.8 Å². The van der Waals surface area contributed by atoms with Crippen molar-refractivity contribution < 1.29 is 34.4 Å². The number of fused-ring (bicyclic) bond motifs is 5. The van der Waals surface area contributed by atoms with Gasteiger partial charge in [0.1, 0.15) is 23.1 Å². The smallest absolute Gasteiger partial charge is 0.334 e. The van der Waals surface area contributed by atoms with Gasteiger partial charge in [-0.15, -0.1) is 0 Å². The fourth-order valence-corrected chi connectivity index (χ4v) is 8.62. The molecule has 0 spiro atoms. The van der Waals surface area contributed by atoms with E-state index < -0.39 is 39.7 Å². The fraction of sp³-hybridized carbons (Fsp3) is 0.750. The normalized spacial score (nSPS) is 47.4. The van der Waals surface area contributed by atoms with Gasteiger partial charge in [-0.2, -0.15) is 0 Å². The maximum Gasteiger partial charge on any atom is 0.334 e. The number of allylic oxidation sites excluding steroid dienone is 2. The van der Waals surface area contributed by atoms with Gasteiger partial charge < -0.3 is 20.1 Å². The highest BCUT2D eigenvalue weighted by molar-refractivity contribution is 6.09. The molecule has 5 aliphatic rings. The van der Waals surface area contributed by atoms with Gasteiger partial charge in [0.2, 0.25) is 0 Å². The summed E-state index contributed by atoms with van der Waals surface area (Å²) >= 11 is 0. The Labute approximate surface area is 206 Å². The Morgan fingerprint density at radius 3 is 2.37 bits per heavy atom. The summed E-state index contributed by atoms with van der Waals surface area (Å²) in [6.07, 6.45) is 3.49. The maximum atomic E-state index is 13.2. The minimum Gasteiger partial charge on any atom is -0.455 e. The van der Waals surface area contributed by atoms with E-state index in [9.17, 15) is 29.7 Å². The molecule has 1 heterocycles. The van der Waals surface area contributed by atoms with Crippen molar-refractivity contribution >= 4 is 17.5 Å². The number of cyclic esters (lactones) is 1. The first kappa shape index (κ1) is 24.8. The monoisotopic (exact) mass is 486 g/mol. The molecule has 4 aliphatic carbocycles. The van der Waals surface area contributed by atoms with Crippen LogP contribution in [-0.4, -0.2) is 55.8 Å². The van der Waals surface area contributed by atoms with E-state index in [0.717, 1.165) is 5.57 Å². The van der Waals surface area contributed by atoms with Crippen molar-refractivity contribution in [3.8, 4) is 0 Å². The Bertz CT molecular complexity index is 1080. The van der Waals surface area contributed by atoms with Crippen molar-refractivity contribution in [2.75, 3.05) is 0 Å². The van der Waals surface area contributed by atoms with Gasteiger partial charge >= 0.3 is 5.97 Å². The summed E-state index contributed by atoms with van der Waals surface area (Å²) in [7, 11) is 0. The third-order valence-electron chi connectivity index (χ3n) is 11.3. The third kappa shape index (κ3) is 2.81. The number of hydrogen-bond donors (Lipinski definition) is 3. The molecule has 7 nitrogen and oxygen atoms in total. The molecule has 0 aromatic rings. The number of carbonyl (C=O) groups excluding carboxylic acids is 3. The summed E-state index contributed by atoms with van der Waals surface area (Å²) in [6.45, 7) is 8.73. The third-order valence-corrected chi connectivity index (χ3v) is 11.3. The van der Waals surface area contributed by atoms with Gasteiger partial charge in [-0.05, 0) is 71.6 Å². The molecule has 0 saturated heterocycles. The van der Waals surface area contributed by atoms with Crippen LogP contribution in [-0.2, 0) is 19.1 Å². The highest BCUT2D eigenvalue weighted by Gasteiger charge is 2.76. The van der Waals surface area contributed by atoms with E-state index in [1.165, 1.54) is 6.92 Å². The first-order valence-electron chi connectivity index (χ1n) is 13.0. The molecular weight excluding hydrogens is 448 g/mol. The van der Waals surface area contributed by atoms with Crippen molar-refractivity contribution in [1.82, 2.24) is 0 Å². The van der Waals surface area contributed by atoms with Crippen molar-refractivity contribution in [3.05, 3.63) is 22.8 Å². The highest BCUT2D eigenvalue weighted by atomic mass is 16.6. The van der Waals surface area contributed by atoms with Crippen molar-refractivity contribution in [2.24, 2.45) is 22.7 Å². The Morgan fingerprint density at radius 1 is 1.03 bits per heavy atom. The molecule has 8 atom stereocenters. The molecule has 0 bridgehead atoms. The zero-order valence-corrected chi connectivity index (χ0v) is 21.4. The Kier molecular flexibility index (Phi) is 5.22. The lowest BCUT2D eigenvalue weighted by atomic mass is 9.44. The van der Waals surface area contributed by atoms with Gasteiger partial charge in [-0.25, -0.2) is 4.79 Å². The second-order valence-corrected chi connectivity index (χ2v) is 12.4. The number of ether oxygens (including phenoxy) is 1. The first-order valence-corrected chi connectivity index (χ1v) is 13.0. The van der Waals surface area contributed by atoms with Crippen molar-refractivity contribution in [1.29, 1.82) is 0 Å². The molecule has 192 valence electrons. The molecular formula is C28H38O7. The number of ketones is 2. The van der Waals surface area contributed by atoms with Crippen LogP contribution in [0, 0.1) is 22.7 Å². The van der Waals surface area contributed by atoms with Gasteiger partial charge in [0.05, 0.1) is 11.0 Å². The van der Waals surface area contributed by atoms with Crippen LogP contribution in [0.1, 0.15) is 86.0 Å². The average molecular weight is 487 g/mol. The molecule has 3 N–H and O–H groups in total. The lowest BCUT2D eigenvalue weighted by molar-refractivity contribution is -0.279. The molecule has 7 heteroatoms. The van der Waals surface area contributed by atoms with E-state index in [2.05, 4.69) is 0 Å². The predicted octanol–water partition coefficient (Wildman–Crippen LogP) is 2.95. The summed E-state index contributed by atoms with van der Waals surface area (Å²) in [5.41, 5.74) is -4.95. The maximum absolute atomic E-state index is 13.2. The SMILES string of the molecule is CC1=C(C)C(=O)OC(C(C)(O)C2(O)CCC3(O)C4CC=C5C(=O)CCC(=O)C5(C)C4CCC32C)C1. The standard InChI is InChI=1S/C28H38O7/c1-15-14-22(35-23(31)16(15)2)26(5,32)28(34)13-12-27(33)18-6-7-19-20(29)8-9-21(30)25(19,4)17(18)10-11-24(27,28)3/h7,17-18,22,32-34H,6,8-14H2,1-5H3. The number of rotatable bonds is 2. The minimum absolute atomic E-state index is 0.0227.